The van der Waals surface area contributed by atoms with Crippen LogP contribution in [-0.4, -0.2) is 22.3 Å². The number of ether oxygens (including phenoxy) is 1. The van der Waals surface area contributed by atoms with E-state index in [0.717, 1.165) is 16.9 Å². The molecule has 1 N–H and O–H groups in total. The van der Waals surface area contributed by atoms with Gasteiger partial charge in [-0.1, -0.05) is 48.5 Å². The van der Waals surface area contributed by atoms with Gasteiger partial charge in [-0.2, -0.15) is 10.1 Å². The van der Waals surface area contributed by atoms with Gasteiger partial charge in [0.15, 0.2) is 11.5 Å². The molecule has 0 radical (unpaired) electrons. The fraction of sp³-hybridized carbons (Fsp3) is 0.0556. The molecule has 3 rings (SSSR count). The number of benzene rings is 2. The maximum atomic E-state index is 12.1. The Morgan fingerprint density at radius 3 is 2.39 bits per heavy atom. The number of nitrogens with zero attached hydrogens (tertiary/aromatic N) is 2. The van der Waals surface area contributed by atoms with E-state index < -0.39 is 0 Å². The number of H-pyrrole nitrogens is 1. The number of methoxy groups -OCH3 is 1. The highest BCUT2D eigenvalue weighted by atomic mass is 16.5. The van der Waals surface area contributed by atoms with Gasteiger partial charge in [0.2, 0.25) is 0 Å². The van der Waals surface area contributed by atoms with Gasteiger partial charge in [0.05, 0.1) is 7.11 Å². The van der Waals surface area contributed by atoms with E-state index in [1.807, 2.05) is 54.6 Å². The molecule has 0 amide bonds. The molecule has 0 fully saturated rings. The van der Waals surface area contributed by atoms with Gasteiger partial charge >= 0.3 is 0 Å². The zero-order chi connectivity index (χ0) is 16.1. The smallest absolute Gasteiger partial charge is 0.299 e. The molecule has 1 heterocycles. The Morgan fingerprint density at radius 2 is 1.74 bits per heavy atom. The first-order valence-corrected chi connectivity index (χ1v) is 7.10. The van der Waals surface area contributed by atoms with Crippen LogP contribution in [-0.2, 0) is 0 Å². The fourth-order valence-corrected chi connectivity index (χ4v) is 2.07. The van der Waals surface area contributed by atoms with E-state index in [2.05, 4.69) is 15.2 Å². The van der Waals surface area contributed by atoms with Crippen LogP contribution in [0.15, 0.2) is 59.4 Å². The maximum Gasteiger partial charge on any atom is 0.299 e. The average Bonchev–Trinajstić information content (AvgIpc) is 2.62. The van der Waals surface area contributed by atoms with Gasteiger partial charge in [0.25, 0.3) is 5.56 Å². The molecule has 0 aliphatic heterocycles. The van der Waals surface area contributed by atoms with Gasteiger partial charge in [-0.3, -0.25) is 9.89 Å². The highest BCUT2D eigenvalue weighted by molar-refractivity contribution is 5.68. The molecule has 0 saturated heterocycles. The van der Waals surface area contributed by atoms with Crippen LogP contribution in [0.4, 0.5) is 0 Å². The Kier molecular flexibility index (Phi) is 4.29. The third-order valence-corrected chi connectivity index (χ3v) is 3.31. The molecule has 0 aliphatic rings. The molecular formula is C18H15N3O2. The monoisotopic (exact) mass is 305 g/mol. The number of hydrogen-bond acceptors (Lipinski definition) is 4. The summed E-state index contributed by atoms with van der Waals surface area (Å²) in [5.41, 5.74) is 1.66. The average molecular weight is 305 g/mol. The summed E-state index contributed by atoms with van der Waals surface area (Å²) in [4.78, 5) is 16.1. The lowest BCUT2D eigenvalue weighted by atomic mass is 10.2. The second-order valence-electron chi connectivity index (χ2n) is 4.85. The molecule has 23 heavy (non-hydrogen) atoms. The SMILES string of the molecule is COc1ccc(/C=C/c2n[nH]c(-c3ccccc3)nc2=O)cc1. The molecule has 0 spiro atoms. The molecule has 0 unspecified atom stereocenters. The second kappa shape index (κ2) is 6.70. The maximum absolute atomic E-state index is 12.1. The van der Waals surface area contributed by atoms with Crippen LogP contribution < -0.4 is 10.3 Å². The Hall–Kier alpha value is -3.21. The standard InChI is InChI=1S/C18H15N3O2/c1-23-15-10-7-13(8-11-15)9-12-16-18(22)19-17(21-20-16)14-5-3-2-4-6-14/h2-12H,1H3,(H,19,21,22)/b12-9+. The van der Waals surface area contributed by atoms with Crippen molar-refractivity contribution < 1.29 is 4.74 Å². The van der Waals surface area contributed by atoms with Crippen LogP contribution in [0.2, 0.25) is 0 Å². The first-order valence-electron chi connectivity index (χ1n) is 7.10. The van der Waals surface area contributed by atoms with Crippen LogP contribution >= 0.6 is 0 Å². The molecule has 0 saturated carbocycles. The Morgan fingerprint density at radius 1 is 1.00 bits per heavy atom. The van der Waals surface area contributed by atoms with E-state index in [4.69, 9.17) is 4.74 Å². The Labute approximate surface area is 133 Å². The quantitative estimate of drug-likeness (QED) is 0.804. The van der Waals surface area contributed by atoms with Crippen molar-refractivity contribution >= 4 is 12.2 Å². The molecule has 114 valence electrons. The largest absolute Gasteiger partial charge is 0.497 e. The van der Waals surface area contributed by atoms with Crippen LogP contribution in [0.1, 0.15) is 11.3 Å². The van der Waals surface area contributed by atoms with Gasteiger partial charge in [-0.25, -0.2) is 0 Å². The highest BCUT2D eigenvalue weighted by Crippen LogP contribution is 2.13. The molecule has 5 heteroatoms. The van der Waals surface area contributed by atoms with E-state index >= 15 is 0 Å². The summed E-state index contributed by atoms with van der Waals surface area (Å²) in [6.07, 6.45) is 3.45. The van der Waals surface area contributed by atoms with Crippen molar-refractivity contribution in [3.8, 4) is 17.1 Å². The summed E-state index contributed by atoms with van der Waals surface area (Å²) >= 11 is 0. The minimum Gasteiger partial charge on any atom is -0.497 e. The summed E-state index contributed by atoms with van der Waals surface area (Å²) in [5, 5.41) is 6.91. The number of rotatable bonds is 4. The van der Waals surface area contributed by atoms with Gasteiger partial charge < -0.3 is 4.74 Å². The zero-order valence-electron chi connectivity index (χ0n) is 12.6. The van der Waals surface area contributed by atoms with Crippen molar-refractivity contribution in [1.82, 2.24) is 15.2 Å². The first-order chi connectivity index (χ1) is 11.3. The molecule has 5 nitrogen and oxygen atoms in total. The topological polar surface area (TPSA) is 67.9 Å². The summed E-state index contributed by atoms with van der Waals surface area (Å²) < 4.78 is 5.10. The van der Waals surface area contributed by atoms with Crippen molar-refractivity contribution in [3.05, 3.63) is 76.2 Å². The summed E-state index contributed by atoms with van der Waals surface area (Å²) in [5.74, 6) is 1.24. The lowest BCUT2D eigenvalue weighted by Gasteiger charge is -2.00. The van der Waals surface area contributed by atoms with E-state index in [0.29, 0.717) is 5.82 Å². The van der Waals surface area contributed by atoms with Gasteiger partial charge in [0, 0.05) is 5.56 Å². The number of aromatic nitrogens is 3. The molecule has 2 aromatic carbocycles. The van der Waals surface area contributed by atoms with Gasteiger partial charge in [-0.05, 0) is 23.8 Å². The summed E-state index contributed by atoms with van der Waals surface area (Å²) in [6, 6.07) is 16.9. The Balaban J connectivity index is 1.83. The molecule has 0 atom stereocenters. The van der Waals surface area contributed by atoms with Crippen LogP contribution in [0.3, 0.4) is 0 Å². The number of aromatic amines is 1. The van der Waals surface area contributed by atoms with Gasteiger partial charge in [-0.15, -0.1) is 0 Å². The number of nitrogens with one attached hydrogen (secondary N) is 1. The highest BCUT2D eigenvalue weighted by Gasteiger charge is 2.04. The Bertz CT molecular complexity index is 869. The third-order valence-electron chi connectivity index (χ3n) is 3.31. The predicted molar refractivity (Wildman–Crippen MR) is 90.0 cm³/mol. The van der Waals surface area contributed by atoms with Crippen LogP contribution in [0.5, 0.6) is 5.75 Å². The lowest BCUT2D eigenvalue weighted by molar-refractivity contribution is 0.415. The van der Waals surface area contributed by atoms with E-state index in [1.165, 1.54) is 0 Å². The first kappa shape index (κ1) is 14.7. The van der Waals surface area contributed by atoms with E-state index in [-0.39, 0.29) is 11.3 Å². The third kappa shape index (κ3) is 3.52. The zero-order valence-corrected chi connectivity index (χ0v) is 12.6. The molecule has 0 bridgehead atoms. The van der Waals surface area contributed by atoms with Crippen molar-refractivity contribution in [2.45, 2.75) is 0 Å². The minimum atomic E-state index is -0.368. The fourth-order valence-electron chi connectivity index (χ4n) is 2.07. The van der Waals surface area contributed by atoms with Crippen LogP contribution in [0, 0.1) is 0 Å². The van der Waals surface area contributed by atoms with Crippen LogP contribution in [0.25, 0.3) is 23.5 Å². The molecule has 3 aromatic rings. The predicted octanol–water partition coefficient (Wildman–Crippen LogP) is 3.01. The molecule has 0 aliphatic carbocycles. The molecule has 1 aromatic heterocycles. The summed E-state index contributed by atoms with van der Waals surface area (Å²) in [7, 11) is 1.62. The summed E-state index contributed by atoms with van der Waals surface area (Å²) in [6.45, 7) is 0. The number of hydrogen-bond donors (Lipinski definition) is 1. The van der Waals surface area contributed by atoms with E-state index in [1.54, 1.807) is 19.3 Å². The van der Waals surface area contributed by atoms with Crippen molar-refractivity contribution in [2.75, 3.05) is 7.11 Å². The van der Waals surface area contributed by atoms with Crippen molar-refractivity contribution in [3.63, 3.8) is 0 Å². The molecular weight excluding hydrogens is 290 g/mol. The lowest BCUT2D eigenvalue weighted by Crippen LogP contribution is -2.14. The van der Waals surface area contributed by atoms with Crippen molar-refractivity contribution in [1.29, 1.82) is 0 Å². The minimum absolute atomic E-state index is 0.264. The second-order valence-corrected chi connectivity index (χ2v) is 4.85. The van der Waals surface area contributed by atoms with Crippen molar-refractivity contribution in [2.24, 2.45) is 0 Å². The van der Waals surface area contributed by atoms with E-state index in [9.17, 15) is 4.79 Å². The normalized spacial score (nSPS) is 10.8. The van der Waals surface area contributed by atoms with Gasteiger partial charge in [0.1, 0.15) is 5.75 Å².